The predicted molar refractivity (Wildman–Crippen MR) is 88.8 cm³/mol. The summed E-state index contributed by atoms with van der Waals surface area (Å²) in [5.74, 6) is 0.0862. The van der Waals surface area contributed by atoms with Crippen molar-refractivity contribution in [3.63, 3.8) is 0 Å². The van der Waals surface area contributed by atoms with E-state index in [0.717, 1.165) is 22.4 Å². The Kier molecular flexibility index (Phi) is 3.01. The molecule has 1 aliphatic rings. The second kappa shape index (κ2) is 5.15. The van der Waals surface area contributed by atoms with E-state index < -0.39 is 0 Å². The summed E-state index contributed by atoms with van der Waals surface area (Å²) >= 11 is 0. The smallest absolute Gasteiger partial charge is 0.258 e. The molecule has 0 atom stereocenters. The molecule has 22 heavy (non-hydrogen) atoms. The van der Waals surface area contributed by atoms with Crippen LogP contribution < -0.4 is 4.90 Å². The minimum Gasteiger partial charge on any atom is -0.304 e. The molecule has 2 nitrogen and oxygen atoms in total. The maximum atomic E-state index is 12.5. The lowest BCUT2D eigenvalue weighted by atomic mass is 10.1. The number of fused-ring (bicyclic) bond motifs is 1. The first kappa shape index (κ1) is 12.8. The zero-order chi connectivity index (χ0) is 14.9. The van der Waals surface area contributed by atoms with Crippen LogP contribution in [0.4, 0.5) is 5.69 Å². The normalized spacial score (nSPS) is 13.3. The monoisotopic (exact) mass is 285 g/mol. The molecule has 106 valence electrons. The third kappa shape index (κ3) is 2.09. The van der Waals surface area contributed by atoms with Crippen molar-refractivity contribution in [3.8, 4) is 11.1 Å². The fourth-order valence-corrected chi connectivity index (χ4v) is 2.93. The van der Waals surface area contributed by atoms with E-state index in [-0.39, 0.29) is 5.91 Å². The maximum absolute atomic E-state index is 12.5. The molecule has 3 aromatic carbocycles. The van der Waals surface area contributed by atoms with Gasteiger partial charge >= 0.3 is 0 Å². The van der Waals surface area contributed by atoms with Crippen LogP contribution in [0, 0.1) is 0 Å². The molecule has 0 saturated heterocycles. The highest BCUT2D eigenvalue weighted by molar-refractivity contribution is 6.10. The van der Waals surface area contributed by atoms with Crippen LogP contribution in [0.25, 0.3) is 11.1 Å². The molecular formula is C20H15NO. The summed E-state index contributed by atoms with van der Waals surface area (Å²) in [6.07, 6.45) is 0. The summed E-state index contributed by atoms with van der Waals surface area (Å²) in [7, 11) is 0. The Labute approximate surface area is 129 Å². The minimum atomic E-state index is 0.0862. The van der Waals surface area contributed by atoms with E-state index in [2.05, 4.69) is 24.3 Å². The first-order valence-corrected chi connectivity index (χ1v) is 7.38. The van der Waals surface area contributed by atoms with E-state index in [1.54, 1.807) is 0 Å². The van der Waals surface area contributed by atoms with Crippen LogP contribution in [0.15, 0.2) is 78.9 Å². The summed E-state index contributed by atoms with van der Waals surface area (Å²) in [6, 6.07) is 26.2. The predicted octanol–water partition coefficient (Wildman–Crippen LogP) is 4.51. The van der Waals surface area contributed by atoms with Gasteiger partial charge < -0.3 is 4.90 Å². The van der Waals surface area contributed by atoms with Gasteiger partial charge in [0.25, 0.3) is 5.91 Å². The second-order valence-corrected chi connectivity index (χ2v) is 5.46. The van der Waals surface area contributed by atoms with Gasteiger partial charge in [0.05, 0.1) is 6.54 Å². The quantitative estimate of drug-likeness (QED) is 0.678. The second-order valence-electron chi connectivity index (χ2n) is 5.46. The van der Waals surface area contributed by atoms with Gasteiger partial charge in [-0.3, -0.25) is 4.79 Å². The Morgan fingerprint density at radius 3 is 2.05 bits per heavy atom. The van der Waals surface area contributed by atoms with Crippen molar-refractivity contribution in [3.05, 3.63) is 90.0 Å². The number of amides is 1. The van der Waals surface area contributed by atoms with Gasteiger partial charge in [-0.1, -0.05) is 60.7 Å². The topological polar surface area (TPSA) is 20.3 Å². The van der Waals surface area contributed by atoms with Crippen molar-refractivity contribution in [1.29, 1.82) is 0 Å². The molecule has 1 heterocycles. The number of benzene rings is 3. The number of nitrogens with zero attached hydrogens (tertiary/aromatic N) is 1. The molecule has 0 bridgehead atoms. The Morgan fingerprint density at radius 1 is 0.682 bits per heavy atom. The van der Waals surface area contributed by atoms with Crippen LogP contribution in [0.1, 0.15) is 15.9 Å². The third-order valence-corrected chi connectivity index (χ3v) is 4.11. The van der Waals surface area contributed by atoms with E-state index in [4.69, 9.17) is 0 Å². The van der Waals surface area contributed by atoms with Crippen molar-refractivity contribution in [2.75, 3.05) is 4.90 Å². The summed E-state index contributed by atoms with van der Waals surface area (Å²) < 4.78 is 0. The molecule has 0 radical (unpaired) electrons. The molecule has 0 N–H and O–H groups in total. The van der Waals surface area contributed by atoms with Crippen molar-refractivity contribution in [2.24, 2.45) is 0 Å². The lowest BCUT2D eigenvalue weighted by molar-refractivity contribution is 0.0996. The molecule has 4 rings (SSSR count). The van der Waals surface area contributed by atoms with Crippen LogP contribution in [0.2, 0.25) is 0 Å². The molecule has 0 spiro atoms. The highest BCUT2D eigenvalue weighted by Crippen LogP contribution is 2.29. The Morgan fingerprint density at radius 2 is 1.32 bits per heavy atom. The van der Waals surface area contributed by atoms with E-state index in [1.807, 2.05) is 59.5 Å². The molecule has 0 aliphatic carbocycles. The van der Waals surface area contributed by atoms with Gasteiger partial charge in [0, 0.05) is 11.3 Å². The van der Waals surface area contributed by atoms with Crippen molar-refractivity contribution >= 4 is 11.6 Å². The fourth-order valence-electron chi connectivity index (χ4n) is 2.93. The van der Waals surface area contributed by atoms with Crippen LogP contribution in [-0.2, 0) is 6.54 Å². The Bertz CT molecular complexity index is 822. The van der Waals surface area contributed by atoms with Crippen LogP contribution >= 0.6 is 0 Å². The first-order valence-electron chi connectivity index (χ1n) is 7.38. The number of hydrogen-bond donors (Lipinski definition) is 0. The summed E-state index contributed by atoms with van der Waals surface area (Å²) in [6.45, 7) is 0.652. The van der Waals surface area contributed by atoms with Gasteiger partial charge in [-0.05, 0) is 34.9 Å². The number of hydrogen-bond acceptors (Lipinski definition) is 1. The molecular weight excluding hydrogens is 270 g/mol. The summed E-state index contributed by atoms with van der Waals surface area (Å²) in [5, 5.41) is 0. The largest absolute Gasteiger partial charge is 0.304 e. The fraction of sp³-hybridized carbons (Fsp3) is 0.0500. The average molecular weight is 285 g/mol. The van der Waals surface area contributed by atoms with E-state index in [0.29, 0.717) is 6.54 Å². The molecule has 3 aromatic rings. The zero-order valence-electron chi connectivity index (χ0n) is 12.1. The van der Waals surface area contributed by atoms with Gasteiger partial charge in [-0.2, -0.15) is 0 Å². The Hall–Kier alpha value is -2.87. The maximum Gasteiger partial charge on any atom is 0.258 e. The Balaban J connectivity index is 1.64. The van der Waals surface area contributed by atoms with Crippen molar-refractivity contribution in [2.45, 2.75) is 6.54 Å². The van der Waals surface area contributed by atoms with Crippen LogP contribution in [-0.4, -0.2) is 5.91 Å². The van der Waals surface area contributed by atoms with Gasteiger partial charge in [-0.25, -0.2) is 0 Å². The van der Waals surface area contributed by atoms with Gasteiger partial charge in [0.15, 0.2) is 0 Å². The number of carbonyl (C=O) groups is 1. The average Bonchev–Trinajstić information content (AvgIpc) is 2.93. The molecule has 0 aromatic heterocycles. The minimum absolute atomic E-state index is 0.0862. The van der Waals surface area contributed by atoms with Crippen molar-refractivity contribution < 1.29 is 4.79 Å². The van der Waals surface area contributed by atoms with Gasteiger partial charge in [0.1, 0.15) is 0 Å². The lowest BCUT2D eigenvalue weighted by Crippen LogP contribution is -2.22. The van der Waals surface area contributed by atoms with Crippen LogP contribution in [0.5, 0.6) is 0 Å². The van der Waals surface area contributed by atoms with Gasteiger partial charge in [0.2, 0.25) is 0 Å². The molecule has 1 amide bonds. The lowest BCUT2D eigenvalue weighted by Gasteiger charge is -2.16. The zero-order valence-corrected chi connectivity index (χ0v) is 12.1. The number of anilines is 1. The van der Waals surface area contributed by atoms with E-state index in [1.165, 1.54) is 5.56 Å². The van der Waals surface area contributed by atoms with E-state index in [9.17, 15) is 4.79 Å². The summed E-state index contributed by atoms with van der Waals surface area (Å²) in [5.41, 5.74) is 5.20. The molecule has 0 fully saturated rings. The molecule has 0 unspecified atom stereocenters. The van der Waals surface area contributed by atoms with Gasteiger partial charge in [-0.15, -0.1) is 0 Å². The highest BCUT2D eigenvalue weighted by Gasteiger charge is 2.27. The SMILES string of the molecule is O=C1c2ccccc2CN1c1ccc(-c2ccccc2)cc1. The van der Waals surface area contributed by atoms with Crippen LogP contribution in [0.3, 0.4) is 0 Å². The number of rotatable bonds is 2. The van der Waals surface area contributed by atoms with E-state index >= 15 is 0 Å². The molecule has 1 aliphatic heterocycles. The molecule has 0 saturated carbocycles. The number of carbonyl (C=O) groups excluding carboxylic acids is 1. The summed E-state index contributed by atoms with van der Waals surface area (Å²) in [4.78, 5) is 14.3. The van der Waals surface area contributed by atoms with Crippen molar-refractivity contribution in [1.82, 2.24) is 0 Å². The first-order chi connectivity index (χ1) is 10.8. The molecule has 2 heteroatoms. The highest BCUT2D eigenvalue weighted by atomic mass is 16.2. The standard InChI is InChI=1S/C20H15NO/c22-20-19-9-5-4-8-17(19)14-21(20)18-12-10-16(11-13-18)15-6-2-1-3-7-15/h1-13H,14H2. The third-order valence-electron chi connectivity index (χ3n) is 4.11.